The molecule has 0 aromatic rings. The molecule has 0 spiro atoms. The van der Waals surface area contributed by atoms with Crippen LogP contribution < -0.4 is 10.6 Å². The Labute approximate surface area is 111 Å². The van der Waals surface area contributed by atoms with Gasteiger partial charge in [0.25, 0.3) is 0 Å². The summed E-state index contributed by atoms with van der Waals surface area (Å²) in [6, 6.07) is 0.298. The molecule has 0 saturated heterocycles. The number of thioether (sulfide) groups is 1. The van der Waals surface area contributed by atoms with Gasteiger partial charge in [-0.3, -0.25) is 4.79 Å². The van der Waals surface area contributed by atoms with E-state index in [4.69, 9.17) is 0 Å². The summed E-state index contributed by atoms with van der Waals surface area (Å²) in [7, 11) is 0. The van der Waals surface area contributed by atoms with E-state index >= 15 is 0 Å². The fourth-order valence-electron chi connectivity index (χ4n) is 1.52. The highest BCUT2D eigenvalue weighted by Gasteiger charge is 2.14. The predicted octanol–water partition coefficient (Wildman–Crippen LogP) is 2.27. The molecule has 0 aliphatic heterocycles. The molecular formula is C13H28N2OS. The van der Waals surface area contributed by atoms with Crippen LogP contribution in [0.5, 0.6) is 0 Å². The minimum atomic E-state index is -0.0981. The van der Waals surface area contributed by atoms with Crippen LogP contribution in [0.25, 0.3) is 0 Å². The Hall–Kier alpha value is -0.220. The van der Waals surface area contributed by atoms with Crippen molar-refractivity contribution in [1.82, 2.24) is 10.6 Å². The number of carbonyl (C=O) groups excluding carboxylic acids is 1. The number of hydrogen-bond acceptors (Lipinski definition) is 3. The summed E-state index contributed by atoms with van der Waals surface area (Å²) in [4.78, 5) is 11.8. The van der Waals surface area contributed by atoms with E-state index in [9.17, 15) is 4.79 Å². The number of nitrogens with one attached hydrogen (secondary N) is 2. The van der Waals surface area contributed by atoms with Gasteiger partial charge in [0.05, 0.1) is 6.04 Å². The van der Waals surface area contributed by atoms with E-state index in [2.05, 4.69) is 37.7 Å². The maximum atomic E-state index is 11.8. The molecule has 0 aliphatic rings. The molecule has 4 heteroatoms. The van der Waals surface area contributed by atoms with Crippen molar-refractivity contribution in [3.63, 3.8) is 0 Å². The van der Waals surface area contributed by atoms with Crippen molar-refractivity contribution in [2.24, 2.45) is 5.92 Å². The van der Waals surface area contributed by atoms with E-state index in [-0.39, 0.29) is 11.9 Å². The number of rotatable bonds is 9. The van der Waals surface area contributed by atoms with Gasteiger partial charge < -0.3 is 10.6 Å². The minimum Gasteiger partial charge on any atom is -0.355 e. The topological polar surface area (TPSA) is 41.1 Å². The summed E-state index contributed by atoms with van der Waals surface area (Å²) in [5, 5.41) is 6.30. The maximum Gasteiger partial charge on any atom is 0.236 e. The first-order valence-corrected chi connectivity index (χ1v) is 7.89. The molecule has 2 atom stereocenters. The van der Waals surface area contributed by atoms with Gasteiger partial charge in [0.1, 0.15) is 0 Å². The summed E-state index contributed by atoms with van der Waals surface area (Å²) in [5.41, 5.74) is 0. The van der Waals surface area contributed by atoms with Crippen molar-refractivity contribution < 1.29 is 4.79 Å². The van der Waals surface area contributed by atoms with Crippen LogP contribution in [0.3, 0.4) is 0 Å². The van der Waals surface area contributed by atoms with Crippen LogP contribution in [-0.4, -0.2) is 36.5 Å². The van der Waals surface area contributed by atoms with Crippen LogP contribution in [0.1, 0.15) is 40.5 Å². The van der Waals surface area contributed by atoms with Crippen molar-refractivity contribution in [2.45, 2.75) is 52.6 Å². The standard InChI is InChI=1S/C13H28N2OS/c1-10(2)6-8-14-13(16)12(4)15-11(3)7-9-17-5/h10-12,15H,6-9H2,1-5H3,(H,14,16). The maximum absolute atomic E-state index is 11.8. The van der Waals surface area contributed by atoms with Gasteiger partial charge in [-0.15, -0.1) is 0 Å². The fourth-order valence-corrected chi connectivity index (χ4v) is 2.11. The molecule has 0 aliphatic carbocycles. The van der Waals surface area contributed by atoms with E-state index in [0.29, 0.717) is 12.0 Å². The van der Waals surface area contributed by atoms with Crippen LogP contribution >= 0.6 is 11.8 Å². The van der Waals surface area contributed by atoms with Gasteiger partial charge in [-0.05, 0) is 44.6 Å². The van der Waals surface area contributed by atoms with Gasteiger partial charge in [-0.25, -0.2) is 0 Å². The van der Waals surface area contributed by atoms with E-state index in [1.54, 1.807) is 0 Å². The molecule has 0 saturated carbocycles. The molecule has 0 fully saturated rings. The third-order valence-corrected chi connectivity index (χ3v) is 3.35. The summed E-state index contributed by atoms with van der Waals surface area (Å²) in [6.07, 6.45) is 4.25. The first-order chi connectivity index (χ1) is 7.97. The quantitative estimate of drug-likeness (QED) is 0.668. The lowest BCUT2D eigenvalue weighted by Gasteiger charge is -2.19. The molecule has 1 amide bonds. The van der Waals surface area contributed by atoms with Crippen molar-refractivity contribution in [2.75, 3.05) is 18.6 Å². The monoisotopic (exact) mass is 260 g/mol. The predicted molar refractivity (Wildman–Crippen MR) is 77.5 cm³/mol. The lowest BCUT2D eigenvalue weighted by Crippen LogP contribution is -2.46. The van der Waals surface area contributed by atoms with Gasteiger partial charge in [0, 0.05) is 12.6 Å². The Bertz CT molecular complexity index is 210. The SMILES string of the molecule is CSCCC(C)NC(C)C(=O)NCCC(C)C. The molecule has 102 valence electrons. The second-order valence-corrected chi connectivity index (χ2v) is 6.03. The molecule has 2 unspecified atom stereocenters. The van der Waals surface area contributed by atoms with Gasteiger partial charge in [0.15, 0.2) is 0 Å². The Balaban J connectivity index is 3.73. The zero-order valence-electron chi connectivity index (χ0n) is 11.9. The third kappa shape index (κ3) is 9.48. The average Bonchev–Trinajstić information content (AvgIpc) is 2.25. The van der Waals surface area contributed by atoms with Crippen molar-refractivity contribution >= 4 is 17.7 Å². The van der Waals surface area contributed by atoms with Crippen LogP contribution in [0.4, 0.5) is 0 Å². The molecule has 3 nitrogen and oxygen atoms in total. The zero-order valence-corrected chi connectivity index (χ0v) is 12.7. The highest BCUT2D eigenvalue weighted by atomic mass is 32.2. The molecule has 0 aromatic heterocycles. The molecule has 0 rings (SSSR count). The summed E-state index contributed by atoms with van der Waals surface area (Å²) in [6.45, 7) is 9.17. The van der Waals surface area contributed by atoms with Crippen molar-refractivity contribution in [3.8, 4) is 0 Å². The molecule has 0 radical (unpaired) electrons. The minimum absolute atomic E-state index is 0.0981. The first-order valence-electron chi connectivity index (χ1n) is 6.50. The molecular weight excluding hydrogens is 232 g/mol. The van der Waals surface area contributed by atoms with E-state index in [0.717, 1.165) is 25.1 Å². The third-order valence-electron chi connectivity index (χ3n) is 2.70. The van der Waals surface area contributed by atoms with Crippen LogP contribution in [0, 0.1) is 5.92 Å². The van der Waals surface area contributed by atoms with Gasteiger partial charge >= 0.3 is 0 Å². The number of hydrogen-bond donors (Lipinski definition) is 2. The molecule has 2 N–H and O–H groups in total. The first kappa shape index (κ1) is 16.8. The Morgan fingerprint density at radius 2 is 1.82 bits per heavy atom. The lowest BCUT2D eigenvalue weighted by atomic mass is 10.1. The largest absolute Gasteiger partial charge is 0.355 e. The van der Waals surface area contributed by atoms with Gasteiger partial charge in [-0.1, -0.05) is 13.8 Å². The highest BCUT2D eigenvalue weighted by Crippen LogP contribution is 2.01. The van der Waals surface area contributed by atoms with Crippen molar-refractivity contribution in [1.29, 1.82) is 0 Å². The van der Waals surface area contributed by atoms with E-state index in [1.165, 1.54) is 0 Å². The Morgan fingerprint density at radius 1 is 1.18 bits per heavy atom. The van der Waals surface area contributed by atoms with Crippen LogP contribution in [-0.2, 0) is 4.79 Å². The normalized spacial score (nSPS) is 14.7. The molecule has 0 heterocycles. The van der Waals surface area contributed by atoms with Gasteiger partial charge in [-0.2, -0.15) is 11.8 Å². The molecule has 17 heavy (non-hydrogen) atoms. The summed E-state index contributed by atoms with van der Waals surface area (Å²) in [5.74, 6) is 1.89. The van der Waals surface area contributed by atoms with Crippen LogP contribution in [0.2, 0.25) is 0 Å². The zero-order chi connectivity index (χ0) is 13.3. The molecule has 0 bridgehead atoms. The second kappa shape index (κ2) is 9.77. The second-order valence-electron chi connectivity index (χ2n) is 5.04. The highest BCUT2D eigenvalue weighted by molar-refractivity contribution is 7.98. The Morgan fingerprint density at radius 3 is 2.35 bits per heavy atom. The summed E-state index contributed by atoms with van der Waals surface area (Å²) < 4.78 is 0. The van der Waals surface area contributed by atoms with E-state index < -0.39 is 0 Å². The fraction of sp³-hybridized carbons (Fsp3) is 0.923. The van der Waals surface area contributed by atoms with Crippen molar-refractivity contribution in [3.05, 3.63) is 0 Å². The smallest absolute Gasteiger partial charge is 0.236 e. The lowest BCUT2D eigenvalue weighted by molar-refractivity contribution is -0.122. The van der Waals surface area contributed by atoms with Gasteiger partial charge in [0.2, 0.25) is 5.91 Å². The Kier molecular flexibility index (Phi) is 9.65. The van der Waals surface area contributed by atoms with Crippen LogP contribution in [0.15, 0.2) is 0 Å². The summed E-state index contributed by atoms with van der Waals surface area (Å²) >= 11 is 1.84. The van der Waals surface area contributed by atoms with E-state index in [1.807, 2.05) is 18.7 Å². The average molecular weight is 260 g/mol. The number of carbonyl (C=O) groups is 1. The number of amides is 1. The molecule has 0 aromatic carbocycles.